The van der Waals surface area contributed by atoms with Gasteiger partial charge in [-0.1, -0.05) is 59.1 Å². The zero-order chi connectivity index (χ0) is 24.5. The summed E-state index contributed by atoms with van der Waals surface area (Å²) < 4.78 is 14.1. The van der Waals surface area contributed by atoms with Gasteiger partial charge in [-0.05, 0) is 37.8 Å². The molecular formula is C26H40FN3O3. The fraction of sp³-hybridized carbons (Fsp3) is 0.654. The maximum atomic E-state index is 14.1. The molecule has 1 heterocycles. The summed E-state index contributed by atoms with van der Waals surface area (Å²) in [5, 5.41) is 2.77. The van der Waals surface area contributed by atoms with Gasteiger partial charge >= 0.3 is 0 Å². The molecule has 1 aromatic rings. The highest BCUT2D eigenvalue weighted by Crippen LogP contribution is 2.21. The van der Waals surface area contributed by atoms with Gasteiger partial charge in [0.05, 0.1) is 5.56 Å². The minimum atomic E-state index is -0.746. The van der Waals surface area contributed by atoms with Crippen LogP contribution in [0.1, 0.15) is 77.1 Å². The number of rotatable bonds is 10. The molecule has 7 heteroatoms. The summed E-state index contributed by atoms with van der Waals surface area (Å²) in [6.45, 7) is 11.4. The van der Waals surface area contributed by atoms with Crippen LogP contribution in [0.5, 0.6) is 0 Å². The predicted octanol–water partition coefficient (Wildman–Crippen LogP) is 4.25. The Balaban J connectivity index is 2.09. The Hall–Kier alpha value is -2.44. The number of hydrogen-bond donors (Lipinski definition) is 1. The molecule has 0 bridgehead atoms. The van der Waals surface area contributed by atoms with Gasteiger partial charge in [0.25, 0.3) is 5.91 Å². The molecule has 1 aromatic carbocycles. The molecule has 1 aliphatic rings. The summed E-state index contributed by atoms with van der Waals surface area (Å²) in [7, 11) is 0. The van der Waals surface area contributed by atoms with Crippen molar-refractivity contribution in [2.45, 2.75) is 78.8 Å². The molecule has 3 amide bonds. The van der Waals surface area contributed by atoms with Crippen LogP contribution in [-0.2, 0) is 9.59 Å². The maximum absolute atomic E-state index is 14.1. The lowest BCUT2D eigenvalue weighted by molar-refractivity contribution is -0.146. The van der Waals surface area contributed by atoms with Crippen LogP contribution in [-0.4, -0.2) is 59.2 Å². The summed E-state index contributed by atoms with van der Waals surface area (Å²) in [6.07, 6.45) is 4.52. The number of carbonyl (C=O) groups is 3. The molecule has 0 aliphatic carbocycles. The van der Waals surface area contributed by atoms with Gasteiger partial charge in [0.1, 0.15) is 11.9 Å². The van der Waals surface area contributed by atoms with E-state index in [9.17, 15) is 18.8 Å². The first kappa shape index (κ1) is 26.8. The Morgan fingerprint density at radius 3 is 2.36 bits per heavy atom. The predicted molar refractivity (Wildman–Crippen MR) is 128 cm³/mol. The number of piperazine rings is 1. The van der Waals surface area contributed by atoms with Crippen molar-refractivity contribution in [3.63, 3.8) is 0 Å². The molecule has 1 N–H and O–H groups in total. The van der Waals surface area contributed by atoms with E-state index in [1.54, 1.807) is 11.0 Å². The maximum Gasteiger partial charge on any atom is 0.254 e. The Kier molecular flexibility index (Phi) is 10.3. The van der Waals surface area contributed by atoms with Crippen molar-refractivity contribution in [3.8, 4) is 0 Å². The molecule has 1 aliphatic heterocycles. The SMILES string of the molecule is CCCCC(CC)C(=O)N1CCN(C(=O)C(NC(=O)c2ccccc2F)C(C)CC)CC1C. The van der Waals surface area contributed by atoms with Crippen LogP contribution in [0, 0.1) is 17.7 Å². The van der Waals surface area contributed by atoms with E-state index in [0.717, 1.165) is 25.7 Å². The van der Waals surface area contributed by atoms with E-state index in [1.165, 1.54) is 18.2 Å². The molecule has 0 saturated carbocycles. The number of amides is 3. The molecule has 0 radical (unpaired) electrons. The summed E-state index contributed by atoms with van der Waals surface area (Å²) in [5.41, 5.74) is -0.0694. The van der Waals surface area contributed by atoms with Crippen LogP contribution in [0.2, 0.25) is 0 Å². The number of hydrogen-bond acceptors (Lipinski definition) is 3. The van der Waals surface area contributed by atoms with Gasteiger partial charge in [0.15, 0.2) is 0 Å². The average molecular weight is 462 g/mol. The number of nitrogens with one attached hydrogen (secondary N) is 1. The van der Waals surface area contributed by atoms with Crippen molar-refractivity contribution in [3.05, 3.63) is 35.6 Å². The van der Waals surface area contributed by atoms with Crippen molar-refractivity contribution in [1.82, 2.24) is 15.1 Å². The molecule has 4 atom stereocenters. The first-order valence-electron chi connectivity index (χ1n) is 12.4. The number of benzene rings is 1. The zero-order valence-corrected chi connectivity index (χ0v) is 20.8. The monoisotopic (exact) mass is 461 g/mol. The molecule has 0 aromatic heterocycles. The largest absolute Gasteiger partial charge is 0.340 e. The van der Waals surface area contributed by atoms with E-state index in [1.807, 2.05) is 25.7 Å². The number of carbonyl (C=O) groups excluding carboxylic acids is 3. The molecular weight excluding hydrogens is 421 g/mol. The average Bonchev–Trinajstić information content (AvgIpc) is 2.82. The Morgan fingerprint density at radius 1 is 1.09 bits per heavy atom. The van der Waals surface area contributed by atoms with E-state index in [-0.39, 0.29) is 35.3 Å². The Labute approximate surface area is 197 Å². The smallest absolute Gasteiger partial charge is 0.254 e. The van der Waals surface area contributed by atoms with E-state index < -0.39 is 17.8 Å². The Morgan fingerprint density at radius 2 is 1.79 bits per heavy atom. The quantitative estimate of drug-likeness (QED) is 0.566. The highest BCUT2D eigenvalue weighted by molar-refractivity contribution is 5.97. The number of nitrogens with zero attached hydrogens (tertiary/aromatic N) is 2. The summed E-state index contributed by atoms with van der Waals surface area (Å²) in [6, 6.07) is 4.93. The summed E-state index contributed by atoms with van der Waals surface area (Å²) in [4.78, 5) is 42.8. The van der Waals surface area contributed by atoms with Gasteiger partial charge in [-0.15, -0.1) is 0 Å². The van der Waals surface area contributed by atoms with Crippen molar-refractivity contribution in [2.24, 2.45) is 11.8 Å². The molecule has 33 heavy (non-hydrogen) atoms. The molecule has 184 valence electrons. The first-order valence-corrected chi connectivity index (χ1v) is 12.4. The second-order valence-electron chi connectivity index (χ2n) is 9.23. The van der Waals surface area contributed by atoms with Crippen LogP contribution in [0.4, 0.5) is 4.39 Å². The van der Waals surface area contributed by atoms with E-state index >= 15 is 0 Å². The van der Waals surface area contributed by atoms with E-state index in [0.29, 0.717) is 26.1 Å². The van der Waals surface area contributed by atoms with Crippen LogP contribution < -0.4 is 5.32 Å². The molecule has 1 fully saturated rings. The van der Waals surface area contributed by atoms with Crippen LogP contribution in [0.15, 0.2) is 24.3 Å². The molecule has 6 nitrogen and oxygen atoms in total. The fourth-order valence-electron chi connectivity index (χ4n) is 4.42. The third-order valence-corrected chi connectivity index (χ3v) is 6.85. The van der Waals surface area contributed by atoms with Crippen LogP contribution in [0.25, 0.3) is 0 Å². The third-order valence-electron chi connectivity index (χ3n) is 6.85. The second kappa shape index (κ2) is 12.7. The van der Waals surface area contributed by atoms with Gasteiger partial charge in [-0.3, -0.25) is 14.4 Å². The lowest BCUT2D eigenvalue weighted by atomic mass is 9.95. The number of unbranched alkanes of at least 4 members (excludes halogenated alkanes) is 1. The van der Waals surface area contributed by atoms with Gasteiger partial charge < -0.3 is 15.1 Å². The molecule has 2 rings (SSSR count). The normalized spacial score (nSPS) is 19.0. The van der Waals surface area contributed by atoms with Crippen LogP contribution >= 0.6 is 0 Å². The highest BCUT2D eigenvalue weighted by Gasteiger charge is 2.36. The second-order valence-corrected chi connectivity index (χ2v) is 9.23. The van der Waals surface area contributed by atoms with Gasteiger partial charge in [-0.2, -0.15) is 0 Å². The lowest BCUT2D eigenvalue weighted by Gasteiger charge is -2.42. The van der Waals surface area contributed by atoms with E-state index in [2.05, 4.69) is 19.2 Å². The van der Waals surface area contributed by atoms with Crippen molar-refractivity contribution >= 4 is 17.7 Å². The van der Waals surface area contributed by atoms with Gasteiger partial charge in [0.2, 0.25) is 11.8 Å². The minimum absolute atomic E-state index is 0.0302. The molecule has 4 unspecified atom stereocenters. The topological polar surface area (TPSA) is 69.7 Å². The van der Waals surface area contributed by atoms with Crippen molar-refractivity contribution in [1.29, 1.82) is 0 Å². The van der Waals surface area contributed by atoms with Gasteiger partial charge in [-0.25, -0.2) is 4.39 Å². The minimum Gasteiger partial charge on any atom is -0.340 e. The third kappa shape index (κ3) is 6.78. The summed E-state index contributed by atoms with van der Waals surface area (Å²) in [5.74, 6) is -1.28. The molecule has 1 saturated heterocycles. The molecule has 0 spiro atoms. The Bertz CT molecular complexity index is 816. The summed E-state index contributed by atoms with van der Waals surface area (Å²) >= 11 is 0. The first-order chi connectivity index (χ1) is 15.7. The fourth-order valence-corrected chi connectivity index (χ4v) is 4.42. The van der Waals surface area contributed by atoms with Crippen molar-refractivity contribution < 1.29 is 18.8 Å². The van der Waals surface area contributed by atoms with Crippen molar-refractivity contribution in [2.75, 3.05) is 19.6 Å². The standard InChI is InChI=1S/C26H40FN3O3/c1-6-9-12-20(8-3)25(32)30-16-15-29(17-19(30)5)26(33)23(18(4)7-2)28-24(31)21-13-10-11-14-22(21)27/h10-11,13-14,18-20,23H,6-9,12,15-17H2,1-5H3,(H,28,31). The van der Waals surface area contributed by atoms with Crippen LogP contribution in [0.3, 0.4) is 0 Å². The van der Waals surface area contributed by atoms with Gasteiger partial charge in [0, 0.05) is 31.6 Å². The zero-order valence-electron chi connectivity index (χ0n) is 20.8. The highest BCUT2D eigenvalue weighted by atomic mass is 19.1. The van der Waals surface area contributed by atoms with E-state index in [4.69, 9.17) is 0 Å². The number of halogens is 1. The lowest BCUT2D eigenvalue weighted by Crippen LogP contribution is -2.60.